The first-order valence-corrected chi connectivity index (χ1v) is 8.11. The Hall–Kier alpha value is -1.32. The van der Waals surface area contributed by atoms with Crippen molar-refractivity contribution in [2.24, 2.45) is 11.8 Å². The maximum Gasteiger partial charge on any atom is 0.140 e. The maximum absolute atomic E-state index is 12.0. The van der Waals surface area contributed by atoms with Gasteiger partial charge in [0.2, 0.25) is 0 Å². The van der Waals surface area contributed by atoms with Crippen LogP contribution in [0.3, 0.4) is 0 Å². The molecule has 116 valence electrons. The number of fused-ring (bicyclic) bond motifs is 1. The summed E-state index contributed by atoms with van der Waals surface area (Å²) in [6.07, 6.45) is 5.99. The Balaban J connectivity index is 1.98. The average molecular weight is 292 g/mol. The fraction of sp³-hybridized carbons (Fsp3) is 0.765. The van der Waals surface area contributed by atoms with Crippen LogP contribution in [0, 0.1) is 11.8 Å². The Kier molecular flexibility index (Phi) is 5.83. The fourth-order valence-corrected chi connectivity index (χ4v) is 3.54. The van der Waals surface area contributed by atoms with Gasteiger partial charge in [-0.15, -0.1) is 0 Å². The van der Waals surface area contributed by atoms with E-state index >= 15 is 0 Å². The lowest BCUT2D eigenvalue weighted by Gasteiger charge is -2.18. The quantitative estimate of drug-likeness (QED) is 0.644. The van der Waals surface area contributed by atoms with Gasteiger partial charge in [0.25, 0.3) is 0 Å². The van der Waals surface area contributed by atoms with Crippen molar-refractivity contribution in [2.75, 3.05) is 0 Å². The molecule has 0 heterocycles. The summed E-state index contributed by atoms with van der Waals surface area (Å²) in [5.74, 6) is 0.726. The highest BCUT2D eigenvalue weighted by Crippen LogP contribution is 2.35. The van der Waals surface area contributed by atoms with Gasteiger partial charge in [-0.1, -0.05) is 6.42 Å². The zero-order valence-corrected chi connectivity index (χ0v) is 12.6. The number of carbonyl (C=O) groups is 4. The largest absolute Gasteiger partial charge is 0.300 e. The molecular formula is C17H24O4. The van der Waals surface area contributed by atoms with Crippen molar-refractivity contribution in [2.45, 2.75) is 70.6 Å². The average Bonchev–Trinajstić information content (AvgIpc) is 2.75. The number of hydrogen-bond donors (Lipinski definition) is 0. The van der Waals surface area contributed by atoms with E-state index in [2.05, 4.69) is 0 Å². The van der Waals surface area contributed by atoms with Gasteiger partial charge < -0.3 is 0 Å². The number of hydrogen-bond acceptors (Lipinski definition) is 4. The monoisotopic (exact) mass is 292 g/mol. The Bertz CT molecular complexity index is 438. The molecule has 2 saturated carbocycles. The molecule has 0 radical (unpaired) electrons. The van der Waals surface area contributed by atoms with E-state index in [1.807, 2.05) is 0 Å². The van der Waals surface area contributed by atoms with Gasteiger partial charge in [-0.3, -0.25) is 19.2 Å². The lowest BCUT2D eigenvalue weighted by Crippen LogP contribution is -2.16. The van der Waals surface area contributed by atoms with Crippen LogP contribution in [0.5, 0.6) is 0 Å². The highest BCUT2D eigenvalue weighted by Gasteiger charge is 2.34. The first-order chi connectivity index (χ1) is 10.0. The third-order valence-corrected chi connectivity index (χ3v) is 4.74. The van der Waals surface area contributed by atoms with Crippen LogP contribution in [0.15, 0.2) is 0 Å². The molecular weight excluding hydrogens is 268 g/mol. The van der Waals surface area contributed by atoms with E-state index in [-0.39, 0.29) is 41.4 Å². The second-order valence-corrected chi connectivity index (χ2v) is 6.56. The number of carbonyl (C=O) groups excluding carboxylic acids is 4. The molecule has 0 aromatic heterocycles. The molecule has 0 aromatic carbocycles. The van der Waals surface area contributed by atoms with Gasteiger partial charge in [0.05, 0.1) is 6.42 Å². The Morgan fingerprint density at radius 2 is 1.14 bits per heavy atom. The summed E-state index contributed by atoms with van der Waals surface area (Å²) >= 11 is 0. The van der Waals surface area contributed by atoms with Gasteiger partial charge in [-0.05, 0) is 31.1 Å². The Morgan fingerprint density at radius 1 is 0.571 bits per heavy atom. The highest BCUT2D eigenvalue weighted by atomic mass is 16.1. The van der Waals surface area contributed by atoms with E-state index in [1.165, 1.54) is 0 Å². The Labute approximate surface area is 125 Å². The predicted molar refractivity (Wildman–Crippen MR) is 77.8 cm³/mol. The van der Waals surface area contributed by atoms with Gasteiger partial charge in [-0.25, -0.2) is 0 Å². The lowest BCUT2D eigenvalue weighted by molar-refractivity contribution is -0.127. The van der Waals surface area contributed by atoms with Crippen molar-refractivity contribution in [3.63, 3.8) is 0 Å². The summed E-state index contributed by atoms with van der Waals surface area (Å²) in [4.78, 5) is 47.1. The number of ketones is 4. The molecule has 0 aromatic rings. The SMILES string of the molecule is O=C1CCCCCC(=O)CC2CC(=O)CC2CCC(=O)C1. The summed E-state index contributed by atoms with van der Waals surface area (Å²) < 4.78 is 0. The molecule has 4 nitrogen and oxygen atoms in total. The van der Waals surface area contributed by atoms with E-state index in [0.29, 0.717) is 44.9 Å². The van der Waals surface area contributed by atoms with Crippen LogP contribution >= 0.6 is 0 Å². The van der Waals surface area contributed by atoms with E-state index < -0.39 is 0 Å². The topological polar surface area (TPSA) is 68.3 Å². The molecule has 0 aliphatic heterocycles. The van der Waals surface area contributed by atoms with Crippen LogP contribution in [0.25, 0.3) is 0 Å². The minimum atomic E-state index is -0.0125. The van der Waals surface area contributed by atoms with Crippen LogP contribution in [0.4, 0.5) is 0 Å². The zero-order valence-electron chi connectivity index (χ0n) is 12.6. The lowest BCUT2D eigenvalue weighted by atomic mass is 9.85. The van der Waals surface area contributed by atoms with E-state index in [9.17, 15) is 19.2 Å². The molecule has 21 heavy (non-hydrogen) atoms. The second kappa shape index (κ2) is 7.62. The van der Waals surface area contributed by atoms with Crippen molar-refractivity contribution in [1.29, 1.82) is 0 Å². The molecule has 2 aliphatic rings. The number of rotatable bonds is 0. The summed E-state index contributed by atoms with van der Waals surface area (Å²) in [7, 11) is 0. The van der Waals surface area contributed by atoms with E-state index in [1.54, 1.807) is 0 Å². The third kappa shape index (κ3) is 5.18. The van der Waals surface area contributed by atoms with Gasteiger partial charge in [0.1, 0.15) is 23.1 Å². The van der Waals surface area contributed by atoms with Crippen LogP contribution < -0.4 is 0 Å². The van der Waals surface area contributed by atoms with Crippen LogP contribution in [0.1, 0.15) is 70.6 Å². The summed E-state index contributed by atoms with van der Waals surface area (Å²) in [6.45, 7) is 0. The van der Waals surface area contributed by atoms with E-state index in [0.717, 1.165) is 19.3 Å². The molecule has 2 fully saturated rings. The maximum atomic E-state index is 12.0. The van der Waals surface area contributed by atoms with Gasteiger partial charge in [0, 0.05) is 38.5 Å². The normalized spacial score (nSPS) is 30.1. The summed E-state index contributed by atoms with van der Waals surface area (Å²) in [5.41, 5.74) is 0. The van der Waals surface area contributed by atoms with Crippen LogP contribution in [-0.2, 0) is 19.2 Å². The van der Waals surface area contributed by atoms with Gasteiger partial charge in [-0.2, -0.15) is 0 Å². The standard InChI is InChI=1S/C17H24O4/c18-14-4-2-1-3-5-15(19)11-16(20)7-6-12-8-17(21)10-13(12)9-14/h12-13H,1-11H2. The third-order valence-electron chi connectivity index (χ3n) is 4.74. The number of Topliss-reactive ketones (excluding diaryl/α,β-unsaturated/α-hetero) is 4. The molecule has 0 amide bonds. The van der Waals surface area contributed by atoms with Crippen molar-refractivity contribution >= 4 is 23.1 Å². The fourth-order valence-electron chi connectivity index (χ4n) is 3.54. The van der Waals surface area contributed by atoms with Crippen LogP contribution in [0.2, 0.25) is 0 Å². The van der Waals surface area contributed by atoms with Gasteiger partial charge in [0.15, 0.2) is 0 Å². The first kappa shape index (κ1) is 16.1. The molecule has 2 unspecified atom stereocenters. The zero-order chi connectivity index (χ0) is 15.2. The van der Waals surface area contributed by atoms with Crippen molar-refractivity contribution in [3.8, 4) is 0 Å². The summed E-state index contributed by atoms with van der Waals surface area (Å²) in [6, 6.07) is 0. The molecule has 2 rings (SSSR count). The van der Waals surface area contributed by atoms with Crippen molar-refractivity contribution < 1.29 is 19.2 Å². The molecule has 0 spiro atoms. The molecule has 2 aliphatic carbocycles. The van der Waals surface area contributed by atoms with E-state index in [4.69, 9.17) is 0 Å². The van der Waals surface area contributed by atoms with Crippen molar-refractivity contribution in [1.82, 2.24) is 0 Å². The van der Waals surface area contributed by atoms with Crippen LogP contribution in [-0.4, -0.2) is 23.1 Å². The van der Waals surface area contributed by atoms with Gasteiger partial charge >= 0.3 is 0 Å². The Morgan fingerprint density at radius 3 is 1.90 bits per heavy atom. The summed E-state index contributed by atoms with van der Waals surface area (Å²) in [5, 5.41) is 0. The molecule has 0 bridgehead atoms. The smallest absolute Gasteiger partial charge is 0.140 e. The minimum absolute atomic E-state index is 0.0125. The molecule has 0 N–H and O–H groups in total. The predicted octanol–water partition coefficient (Wildman–Crippen LogP) is 2.81. The molecule has 2 atom stereocenters. The molecule has 4 heteroatoms. The second-order valence-electron chi connectivity index (χ2n) is 6.56. The van der Waals surface area contributed by atoms with Crippen molar-refractivity contribution in [3.05, 3.63) is 0 Å². The first-order valence-electron chi connectivity index (χ1n) is 8.11. The molecule has 0 saturated heterocycles. The minimum Gasteiger partial charge on any atom is -0.300 e. The highest BCUT2D eigenvalue weighted by molar-refractivity contribution is 5.99.